The fourth-order valence-electron chi connectivity index (χ4n) is 3.94. The van der Waals surface area contributed by atoms with Crippen molar-refractivity contribution in [2.45, 2.75) is 0 Å². The summed E-state index contributed by atoms with van der Waals surface area (Å²) in [6, 6.07) is 12.4. The van der Waals surface area contributed by atoms with Gasteiger partial charge in [0.15, 0.2) is 11.5 Å². The Morgan fingerprint density at radius 2 is 1.97 bits per heavy atom. The summed E-state index contributed by atoms with van der Waals surface area (Å²) in [7, 11) is 0. The van der Waals surface area contributed by atoms with Crippen molar-refractivity contribution in [1.82, 2.24) is 24.3 Å². The van der Waals surface area contributed by atoms with E-state index in [2.05, 4.69) is 49.4 Å². The first-order valence-corrected chi connectivity index (χ1v) is 10.3. The van der Waals surface area contributed by atoms with Crippen LogP contribution >= 0.6 is 0 Å². The molecule has 8 heteroatoms. The summed E-state index contributed by atoms with van der Waals surface area (Å²) in [4.78, 5) is 19.5. The second-order valence-electron chi connectivity index (χ2n) is 7.54. The largest absolute Gasteiger partial charge is 0.378 e. The number of imidazole rings is 1. The zero-order valence-electron chi connectivity index (χ0n) is 16.8. The first-order chi connectivity index (χ1) is 15.3. The van der Waals surface area contributed by atoms with Gasteiger partial charge in [0.25, 0.3) is 0 Å². The second kappa shape index (κ2) is 7.41. The first kappa shape index (κ1) is 17.9. The molecule has 1 saturated heterocycles. The molecule has 5 aromatic rings. The van der Waals surface area contributed by atoms with Crippen molar-refractivity contribution < 1.29 is 4.74 Å². The van der Waals surface area contributed by atoms with Crippen LogP contribution in [0.25, 0.3) is 27.8 Å². The smallest absolute Gasteiger partial charge is 0.180 e. The van der Waals surface area contributed by atoms with Gasteiger partial charge >= 0.3 is 0 Å². The molecule has 1 aliphatic heterocycles. The number of ether oxygens (including phenoxy) is 1. The van der Waals surface area contributed by atoms with Crippen molar-refractivity contribution >= 4 is 33.9 Å². The maximum absolute atomic E-state index is 5.42. The predicted molar refractivity (Wildman–Crippen MR) is 121 cm³/mol. The van der Waals surface area contributed by atoms with Crippen molar-refractivity contribution in [3.05, 3.63) is 67.4 Å². The van der Waals surface area contributed by atoms with Crippen LogP contribution in [0.15, 0.2) is 67.4 Å². The average molecular weight is 411 g/mol. The van der Waals surface area contributed by atoms with E-state index in [-0.39, 0.29) is 0 Å². The van der Waals surface area contributed by atoms with Gasteiger partial charge in [-0.1, -0.05) is 12.1 Å². The maximum Gasteiger partial charge on any atom is 0.180 e. The molecule has 1 aromatic carbocycles. The highest BCUT2D eigenvalue weighted by Gasteiger charge is 2.13. The molecule has 4 aromatic heterocycles. The van der Waals surface area contributed by atoms with E-state index in [4.69, 9.17) is 9.72 Å². The topological polar surface area (TPSA) is 83.4 Å². The van der Waals surface area contributed by atoms with Crippen molar-refractivity contribution in [3.8, 4) is 11.3 Å². The highest BCUT2D eigenvalue weighted by molar-refractivity contribution is 5.84. The molecule has 0 saturated carbocycles. The predicted octanol–water partition coefficient (Wildman–Crippen LogP) is 3.85. The molecule has 1 fully saturated rings. The lowest BCUT2D eigenvalue weighted by Crippen LogP contribution is -2.36. The van der Waals surface area contributed by atoms with Gasteiger partial charge in [-0.15, -0.1) is 0 Å². The van der Waals surface area contributed by atoms with Crippen LogP contribution in [0.5, 0.6) is 0 Å². The quantitative estimate of drug-likeness (QED) is 0.467. The van der Waals surface area contributed by atoms with Crippen LogP contribution in [0.1, 0.15) is 0 Å². The van der Waals surface area contributed by atoms with Crippen molar-refractivity contribution in [3.63, 3.8) is 0 Å². The molecular weight excluding hydrogens is 390 g/mol. The Kier molecular flexibility index (Phi) is 4.28. The number of pyridine rings is 1. The highest BCUT2D eigenvalue weighted by Crippen LogP contribution is 2.27. The molecule has 0 unspecified atom stereocenters. The number of benzene rings is 1. The number of aromatic nitrogens is 5. The maximum atomic E-state index is 5.42. The third kappa shape index (κ3) is 3.36. The van der Waals surface area contributed by atoms with E-state index < -0.39 is 0 Å². The number of nitrogens with zero attached hydrogens (tertiary/aromatic N) is 5. The van der Waals surface area contributed by atoms with Crippen LogP contribution in [0, 0.1) is 0 Å². The van der Waals surface area contributed by atoms with Crippen LogP contribution in [-0.4, -0.2) is 50.6 Å². The third-order valence-electron chi connectivity index (χ3n) is 5.57. The summed E-state index contributed by atoms with van der Waals surface area (Å²) in [5.41, 5.74) is 4.62. The number of nitrogens with one attached hydrogen (secondary N) is 2. The molecule has 0 atom stereocenters. The molecule has 0 amide bonds. The summed E-state index contributed by atoms with van der Waals surface area (Å²) in [6.45, 7) is 3.21. The molecule has 8 nitrogen and oxygen atoms in total. The van der Waals surface area contributed by atoms with Gasteiger partial charge in [0, 0.05) is 49.0 Å². The Hall–Kier alpha value is -3.91. The number of hydrogen-bond donors (Lipinski definition) is 2. The van der Waals surface area contributed by atoms with E-state index in [9.17, 15) is 0 Å². The van der Waals surface area contributed by atoms with Gasteiger partial charge in [-0.25, -0.2) is 15.0 Å². The monoisotopic (exact) mass is 411 g/mol. The van der Waals surface area contributed by atoms with Gasteiger partial charge in [-0.2, -0.15) is 0 Å². The summed E-state index contributed by atoms with van der Waals surface area (Å²) >= 11 is 0. The van der Waals surface area contributed by atoms with Gasteiger partial charge in [-0.05, 0) is 29.7 Å². The molecule has 0 radical (unpaired) electrons. The van der Waals surface area contributed by atoms with Crippen LogP contribution in [-0.2, 0) is 4.74 Å². The Labute approximate surface area is 178 Å². The molecule has 0 spiro atoms. The molecule has 2 N–H and O–H groups in total. The summed E-state index contributed by atoms with van der Waals surface area (Å²) in [5, 5.41) is 4.58. The minimum absolute atomic E-state index is 0.690. The van der Waals surface area contributed by atoms with E-state index in [0.29, 0.717) is 5.82 Å². The average Bonchev–Trinajstić information content (AvgIpc) is 3.49. The number of hydrogen-bond acceptors (Lipinski definition) is 6. The van der Waals surface area contributed by atoms with Gasteiger partial charge in [0.2, 0.25) is 0 Å². The highest BCUT2D eigenvalue weighted by atomic mass is 16.5. The number of anilines is 3. The Morgan fingerprint density at radius 3 is 2.84 bits per heavy atom. The molecular formula is C23H21N7O. The third-order valence-corrected chi connectivity index (χ3v) is 5.57. The lowest BCUT2D eigenvalue weighted by molar-refractivity contribution is 0.122. The summed E-state index contributed by atoms with van der Waals surface area (Å²) < 4.78 is 7.41. The van der Waals surface area contributed by atoms with Crippen LogP contribution in [0.3, 0.4) is 0 Å². The van der Waals surface area contributed by atoms with Crippen molar-refractivity contribution in [2.75, 3.05) is 36.5 Å². The van der Waals surface area contributed by atoms with Gasteiger partial charge in [-0.3, -0.25) is 0 Å². The molecule has 1 aliphatic rings. The summed E-state index contributed by atoms with van der Waals surface area (Å²) in [6.07, 6.45) is 9.49. The normalized spacial score (nSPS) is 14.4. The second-order valence-corrected chi connectivity index (χ2v) is 7.54. The SMILES string of the molecule is c1cn2cc(-c3ccc4cc[nH]c4c3)nc(Nc3ccc(N4CCOCC4)nc3)c2n1. The lowest BCUT2D eigenvalue weighted by Gasteiger charge is -2.27. The molecule has 6 rings (SSSR count). The van der Waals surface area contributed by atoms with Crippen LogP contribution in [0.4, 0.5) is 17.3 Å². The van der Waals surface area contributed by atoms with E-state index >= 15 is 0 Å². The number of fused-ring (bicyclic) bond motifs is 2. The molecule has 31 heavy (non-hydrogen) atoms. The van der Waals surface area contributed by atoms with Crippen LogP contribution < -0.4 is 10.2 Å². The Morgan fingerprint density at radius 1 is 1.03 bits per heavy atom. The summed E-state index contributed by atoms with van der Waals surface area (Å²) in [5.74, 6) is 1.65. The first-order valence-electron chi connectivity index (χ1n) is 10.3. The standard InChI is InChI=1S/C23H21N7O/c1-2-17(13-19-16(1)5-6-24-19)20-15-30-8-7-25-23(30)22(28-20)27-18-3-4-21(26-14-18)29-9-11-31-12-10-29/h1-8,13-15,24H,9-12H2,(H,27,28). The van der Waals surface area contributed by atoms with E-state index in [1.54, 1.807) is 6.20 Å². The minimum Gasteiger partial charge on any atom is -0.378 e. The van der Waals surface area contributed by atoms with Crippen LogP contribution in [0.2, 0.25) is 0 Å². The number of rotatable bonds is 4. The van der Waals surface area contributed by atoms with Gasteiger partial charge in [0.05, 0.1) is 30.8 Å². The Bertz CT molecular complexity index is 1350. The number of morpholine rings is 1. The zero-order chi connectivity index (χ0) is 20.6. The van der Waals surface area contributed by atoms with Gasteiger partial charge in [0.1, 0.15) is 5.82 Å². The fraction of sp³-hybridized carbons (Fsp3) is 0.174. The zero-order valence-corrected chi connectivity index (χ0v) is 16.8. The van der Waals surface area contributed by atoms with E-state index in [1.165, 1.54) is 5.39 Å². The fourth-order valence-corrected chi connectivity index (χ4v) is 3.94. The van der Waals surface area contributed by atoms with Gasteiger partial charge < -0.3 is 24.3 Å². The molecule has 0 aliphatic carbocycles. The minimum atomic E-state index is 0.690. The molecule has 0 bridgehead atoms. The van der Waals surface area contributed by atoms with Crippen molar-refractivity contribution in [1.29, 1.82) is 0 Å². The molecule has 154 valence electrons. The molecule has 5 heterocycles. The number of H-pyrrole nitrogens is 1. The van der Waals surface area contributed by atoms with E-state index in [0.717, 1.165) is 60.2 Å². The number of aromatic amines is 1. The lowest BCUT2D eigenvalue weighted by atomic mass is 10.1. The van der Waals surface area contributed by atoms with E-state index in [1.807, 2.05) is 41.3 Å². The van der Waals surface area contributed by atoms with Crippen molar-refractivity contribution in [2.24, 2.45) is 0 Å². The Balaban J connectivity index is 1.33.